The highest BCUT2D eigenvalue weighted by atomic mass is 79.9. The third-order valence-electron chi connectivity index (χ3n) is 7.26. The van der Waals surface area contributed by atoms with Gasteiger partial charge in [-0.25, -0.2) is 52.6 Å². The minimum atomic E-state index is -4.02. The summed E-state index contributed by atoms with van der Waals surface area (Å²) in [4.78, 5) is -0.691. The number of phenolic OH excluding ortho intramolecular Hbond substituents is 4. The van der Waals surface area contributed by atoms with E-state index < -0.39 is 63.1 Å². The number of methoxy groups -OCH3 is 4. The zero-order valence-corrected chi connectivity index (χ0v) is 42.8. The average molecular weight is 1200 g/mol. The van der Waals surface area contributed by atoms with E-state index in [9.17, 15) is 54.1 Å². The molecule has 0 aliphatic carbocycles. The summed E-state index contributed by atoms with van der Waals surface area (Å²) >= 11 is 18.8. The molecular weight excluding hydrogens is 1160 g/mol. The van der Waals surface area contributed by atoms with E-state index in [0.717, 1.165) is 36.4 Å². The fourth-order valence-corrected chi connectivity index (χ4v) is 8.58. The highest BCUT2D eigenvalue weighted by Gasteiger charge is 2.21. The van der Waals surface area contributed by atoms with E-state index in [2.05, 4.69) is 66.2 Å². The van der Waals surface area contributed by atoms with Crippen LogP contribution in [-0.2, 0) is 40.1 Å². The number of rotatable bonds is 18. The maximum Gasteiger partial charge on any atom is 0.369 e. The van der Waals surface area contributed by atoms with E-state index in [1.54, 1.807) is 0 Å². The number of ether oxygens (including phenoxy) is 4. The number of aromatic hydroxyl groups is 4. The average Bonchev–Trinajstić information content (AvgIpc) is 3.22. The number of benzene rings is 4. The molecule has 0 aliphatic heterocycles. The highest BCUT2D eigenvalue weighted by molar-refractivity contribution is 9.69. The van der Waals surface area contributed by atoms with Crippen LogP contribution in [-0.4, -0.2) is 117 Å². The van der Waals surface area contributed by atoms with Crippen LogP contribution in [0.25, 0.3) is 0 Å². The summed E-state index contributed by atoms with van der Waals surface area (Å²) in [7, 11) is -10.1. The number of phenols is 4. The lowest BCUT2D eigenvalue weighted by Crippen LogP contribution is -2.34. The van der Waals surface area contributed by atoms with Gasteiger partial charge in [0.1, 0.15) is 0 Å². The van der Waals surface area contributed by atoms with Crippen molar-refractivity contribution in [3.8, 4) is 46.0 Å². The predicted molar refractivity (Wildman–Crippen MR) is 248 cm³/mol. The van der Waals surface area contributed by atoms with E-state index >= 15 is 0 Å². The first-order chi connectivity index (χ1) is 29.4. The Balaban J connectivity index is 0.000000552. The van der Waals surface area contributed by atoms with Crippen molar-refractivity contribution in [3.05, 3.63) is 72.8 Å². The smallest absolute Gasteiger partial charge is 0.369 e. The van der Waals surface area contributed by atoms with Crippen LogP contribution >= 0.6 is 70.5 Å². The number of hydrogen-bond donors (Lipinski definition) is 8. The SMILES string of the molecule is BrB(Br)Br.COc1ccc(S(=O)(=O)NCCNS(=O)(=O)c2ccc(OC)c(OC)c2)cc1OC.ClCCl.O=S(=O)(NCCNS(=O)(=O)c1ccc(O)c(O)c1)c1ccc(O)c(O)c1. The van der Waals surface area contributed by atoms with Crippen molar-refractivity contribution < 1.29 is 73.0 Å². The number of nitrogens with one attached hydrogen (secondary N) is 4. The monoisotopic (exact) mass is 1200 g/mol. The fourth-order valence-electron chi connectivity index (χ4n) is 4.38. The van der Waals surface area contributed by atoms with Gasteiger partial charge >= 0.3 is 3.18 Å². The van der Waals surface area contributed by atoms with Crippen molar-refractivity contribution in [1.29, 1.82) is 0 Å². The van der Waals surface area contributed by atoms with Gasteiger partial charge in [-0.1, -0.05) is 0 Å². The molecule has 4 aromatic rings. The van der Waals surface area contributed by atoms with Crippen LogP contribution in [0.1, 0.15) is 0 Å². The molecule has 8 N–H and O–H groups in total. The molecule has 0 unspecified atom stereocenters. The van der Waals surface area contributed by atoms with E-state index in [1.165, 1.54) is 64.8 Å². The predicted octanol–water partition coefficient (Wildman–Crippen LogP) is 4.32. The molecule has 0 saturated carbocycles. The van der Waals surface area contributed by atoms with Gasteiger partial charge in [0.2, 0.25) is 40.1 Å². The second-order valence-electron chi connectivity index (χ2n) is 11.3. The van der Waals surface area contributed by atoms with Crippen LogP contribution in [0, 0.1) is 0 Å². The van der Waals surface area contributed by atoms with E-state index in [0.29, 0.717) is 11.5 Å². The van der Waals surface area contributed by atoms with E-state index in [4.69, 9.17) is 42.1 Å². The second kappa shape index (κ2) is 27.5. The lowest BCUT2D eigenvalue weighted by atomic mass is 10.3. The molecule has 0 fully saturated rings. The Morgan fingerprint density at radius 3 is 0.889 bits per heavy atom. The molecule has 20 nitrogen and oxygen atoms in total. The molecule has 0 bridgehead atoms. The molecular formula is C33H42BBr3Cl2N4O16S4. The lowest BCUT2D eigenvalue weighted by molar-refractivity contribution is 0.354. The molecule has 0 aromatic heterocycles. The summed E-state index contributed by atoms with van der Waals surface area (Å²) in [6, 6.07) is 14.1. The Morgan fingerprint density at radius 1 is 0.444 bits per heavy atom. The maximum absolute atomic E-state index is 12.4. The van der Waals surface area contributed by atoms with Crippen molar-refractivity contribution in [2.45, 2.75) is 19.6 Å². The van der Waals surface area contributed by atoms with Crippen LogP contribution in [0.4, 0.5) is 0 Å². The summed E-state index contributed by atoms with van der Waals surface area (Å²) < 4.78 is 127. The third-order valence-corrected chi connectivity index (χ3v) is 13.1. The molecule has 0 saturated heterocycles. The molecule has 63 heavy (non-hydrogen) atoms. The molecule has 30 heteroatoms. The van der Waals surface area contributed by atoms with Crippen molar-refractivity contribution in [2.24, 2.45) is 0 Å². The van der Waals surface area contributed by atoms with Crippen molar-refractivity contribution in [1.82, 2.24) is 18.9 Å². The number of halogens is 5. The topological polar surface area (TPSA) is 303 Å². The summed E-state index contributed by atoms with van der Waals surface area (Å²) in [5.41, 5.74) is 0. The maximum atomic E-state index is 12.4. The zero-order valence-electron chi connectivity index (χ0n) is 33.3. The third kappa shape index (κ3) is 19.6. The molecule has 0 amide bonds. The molecule has 4 rings (SSSR count). The molecule has 0 radical (unpaired) electrons. The van der Waals surface area contributed by atoms with Crippen LogP contribution < -0.4 is 37.8 Å². The minimum Gasteiger partial charge on any atom is -0.504 e. The van der Waals surface area contributed by atoms with Crippen LogP contribution in [0.15, 0.2) is 92.4 Å². The Morgan fingerprint density at radius 2 is 0.667 bits per heavy atom. The van der Waals surface area contributed by atoms with Gasteiger partial charge in [-0.2, -0.15) is 0 Å². The van der Waals surface area contributed by atoms with Crippen LogP contribution in [0.2, 0.25) is 0 Å². The second-order valence-corrected chi connectivity index (χ2v) is 25.6. The van der Waals surface area contributed by atoms with Gasteiger partial charge < -0.3 is 39.4 Å². The first-order valence-electron chi connectivity index (χ1n) is 16.9. The molecule has 4 aromatic carbocycles. The fraction of sp³-hybridized carbons (Fsp3) is 0.273. The minimum absolute atomic E-state index is 0.0390. The molecule has 0 atom stereocenters. The molecule has 0 aliphatic rings. The van der Waals surface area contributed by atoms with Gasteiger partial charge in [-0.15, -0.1) is 70.5 Å². The highest BCUT2D eigenvalue weighted by Crippen LogP contribution is 2.31. The molecule has 352 valence electrons. The first kappa shape index (κ1) is 58.0. The first-order valence-corrected chi connectivity index (χ1v) is 26.6. The van der Waals surface area contributed by atoms with Crippen molar-refractivity contribution in [2.75, 3.05) is 60.0 Å². The quantitative estimate of drug-likeness (QED) is 0.0298. The van der Waals surface area contributed by atoms with Gasteiger partial charge in [0.15, 0.2) is 46.0 Å². The number of sulfonamides is 4. The standard InChI is InChI=1S/C18H24N2O8S2.C14H16N2O8S2.CH2Cl2.BBr3/c1-25-15-7-5-13(11-17(15)27-3)29(21,22)19-9-10-20-30(23,24)14-6-8-16(26-2)18(12-14)28-4;17-11-3-1-9(7-13(11)19)25(21,22)15-5-6-16-26(23,24)10-2-4-12(18)14(20)8-10;2-1-3;2-1(3)4/h5-8,11-12,19-20H,9-10H2,1-4H3;1-4,7-8,15-20H,5-6H2;1H2;. The zero-order chi connectivity index (χ0) is 48.2. The van der Waals surface area contributed by atoms with Crippen LogP contribution in [0.5, 0.6) is 46.0 Å². The van der Waals surface area contributed by atoms with E-state index in [1.807, 2.05) is 0 Å². The van der Waals surface area contributed by atoms with Crippen molar-refractivity contribution in [3.63, 3.8) is 0 Å². The summed E-state index contributed by atoms with van der Waals surface area (Å²) in [6.45, 7) is -0.924. The molecule has 0 heterocycles. The Hall–Kier alpha value is -3.00. The van der Waals surface area contributed by atoms with Gasteiger partial charge in [0, 0.05) is 50.4 Å². The Labute approximate surface area is 400 Å². The summed E-state index contributed by atoms with van der Waals surface area (Å²) in [5, 5.41) is 37.2. The van der Waals surface area contributed by atoms with E-state index in [-0.39, 0.29) is 65.8 Å². The molecule has 0 spiro atoms. The van der Waals surface area contributed by atoms with Gasteiger partial charge in [0.05, 0.1) is 53.4 Å². The van der Waals surface area contributed by atoms with Gasteiger partial charge in [-0.3, -0.25) is 0 Å². The lowest BCUT2D eigenvalue weighted by Gasteiger charge is -2.12. The summed E-state index contributed by atoms with van der Waals surface area (Å²) in [6.07, 6.45) is 0. The normalized spacial score (nSPS) is 11.3. The Bertz CT molecular complexity index is 2380. The number of alkyl halides is 2. The van der Waals surface area contributed by atoms with Gasteiger partial charge in [-0.05, 0) is 48.5 Å². The number of hydrogen-bond acceptors (Lipinski definition) is 16. The largest absolute Gasteiger partial charge is 0.504 e. The van der Waals surface area contributed by atoms with Crippen molar-refractivity contribution >= 4 is 114 Å². The van der Waals surface area contributed by atoms with Crippen LogP contribution in [0.3, 0.4) is 0 Å². The summed E-state index contributed by atoms with van der Waals surface area (Å²) in [5.74, 6) is -0.883. The Kier molecular flexibility index (Phi) is 25.3. The van der Waals surface area contributed by atoms with Gasteiger partial charge in [0.25, 0.3) is 0 Å².